The first-order valence-electron chi connectivity index (χ1n) is 10.5. The van der Waals surface area contributed by atoms with Crippen LogP contribution in [-0.2, 0) is 30.5 Å². The van der Waals surface area contributed by atoms with Crippen molar-refractivity contribution in [1.82, 2.24) is 24.4 Å². The lowest BCUT2D eigenvalue weighted by Crippen LogP contribution is -2.42. The number of fused-ring (bicyclic) bond motifs is 1. The van der Waals surface area contributed by atoms with Crippen molar-refractivity contribution in [3.63, 3.8) is 0 Å². The Bertz CT molecular complexity index is 1200. The van der Waals surface area contributed by atoms with Gasteiger partial charge in [-0.3, -0.25) is 9.52 Å². The van der Waals surface area contributed by atoms with E-state index in [9.17, 15) is 31.1 Å². The van der Waals surface area contributed by atoms with Crippen LogP contribution >= 0.6 is 11.9 Å². The zero-order valence-corrected chi connectivity index (χ0v) is 18.8. The standard InChI is InChI=1S/C22H19F6N5OS/c23-16-11-18(25)17(24)9-13(16)8-14(31-35-15-4-2-1-3-5-15)10-20(34)32-6-7-33-19(12-32)29-30-21(33)22(26,27)28/h1-5,9,11,14,31H,6-8,10,12H2/t14-/m1/s1. The summed E-state index contributed by atoms with van der Waals surface area (Å²) < 4.78 is 84.5. The average molecular weight is 515 g/mol. The van der Waals surface area contributed by atoms with E-state index in [1.165, 1.54) is 16.8 Å². The molecule has 0 aliphatic carbocycles. The molecule has 1 atom stereocenters. The van der Waals surface area contributed by atoms with Crippen LogP contribution in [0, 0.1) is 17.5 Å². The largest absolute Gasteiger partial charge is 0.451 e. The summed E-state index contributed by atoms with van der Waals surface area (Å²) in [5.41, 5.74) is -0.115. The molecule has 35 heavy (non-hydrogen) atoms. The molecule has 0 bridgehead atoms. The molecular formula is C22H19F6N5OS. The molecule has 1 N–H and O–H groups in total. The number of carbonyl (C=O) groups excluding carboxylic acids is 1. The van der Waals surface area contributed by atoms with Gasteiger partial charge in [0.15, 0.2) is 17.5 Å². The molecule has 0 radical (unpaired) electrons. The summed E-state index contributed by atoms with van der Waals surface area (Å²) >= 11 is 1.18. The van der Waals surface area contributed by atoms with E-state index >= 15 is 0 Å². The van der Waals surface area contributed by atoms with Gasteiger partial charge in [-0.05, 0) is 42.1 Å². The first kappa shape index (κ1) is 25.0. The smallest absolute Gasteiger partial charge is 0.333 e. The van der Waals surface area contributed by atoms with Crippen molar-refractivity contribution in [2.75, 3.05) is 6.54 Å². The summed E-state index contributed by atoms with van der Waals surface area (Å²) in [5.74, 6) is -5.00. The predicted molar refractivity (Wildman–Crippen MR) is 114 cm³/mol. The molecule has 0 spiro atoms. The molecule has 1 aliphatic rings. The Balaban J connectivity index is 1.48. The van der Waals surface area contributed by atoms with Crippen molar-refractivity contribution >= 4 is 17.9 Å². The maximum Gasteiger partial charge on any atom is 0.451 e. The Labute approximate surface area is 200 Å². The number of nitrogens with one attached hydrogen (secondary N) is 1. The molecule has 4 rings (SSSR count). The Kier molecular flexibility index (Phi) is 7.36. The van der Waals surface area contributed by atoms with Crippen LogP contribution in [0.5, 0.6) is 0 Å². The normalized spacial score (nSPS) is 14.6. The maximum atomic E-state index is 14.3. The van der Waals surface area contributed by atoms with E-state index in [0.717, 1.165) is 15.5 Å². The van der Waals surface area contributed by atoms with Crippen LogP contribution in [0.2, 0.25) is 0 Å². The summed E-state index contributed by atoms with van der Waals surface area (Å²) in [6.45, 7) is -0.289. The van der Waals surface area contributed by atoms with Gasteiger partial charge in [0.25, 0.3) is 0 Å². The fraction of sp³-hybridized carbons (Fsp3) is 0.318. The third-order valence-corrected chi connectivity index (χ3v) is 6.38. The van der Waals surface area contributed by atoms with Crippen LogP contribution in [0.1, 0.15) is 23.6 Å². The lowest BCUT2D eigenvalue weighted by Gasteiger charge is -2.29. The van der Waals surface area contributed by atoms with Gasteiger partial charge in [-0.1, -0.05) is 18.2 Å². The van der Waals surface area contributed by atoms with E-state index in [0.29, 0.717) is 6.07 Å². The minimum absolute atomic E-state index is 0.00500. The molecule has 0 saturated heterocycles. The summed E-state index contributed by atoms with van der Waals surface area (Å²) in [6.07, 6.45) is -4.95. The number of carbonyl (C=O) groups is 1. The minimum Gasteiger partial charge on any atom is -0.333 e. The van der Waals surface area contributed by atoms with E-state index in [2.05, 4.69) is 14.9 Å². The molecule has 2 aromatic carbocycles. The van der Waals surface area contributed by atoms with Crippen LogP contribution in [-0.4, -0.2) is 38.2 Å². The molecule has 3 aromatic rings. The monoisotopic (exact) mass is 515 g/mol. The molecule has 0 fully saturated rings. The number of aromatic nitrogens is 3. The second-order valence-electron chi connectivity index (χ2n) is 7.90. The van der Waals surface area contributed by atoms with Crippen LogP contribution in [0.15, 0.2) is 47.4 Å². The van der Waals surface area contributed by atoms with Gasteiger partial charge in [0, 0.05) is 36.5 Å². The quantitative estimate of drug-likeness (QED) is 0.288. The van der Waals surface area contributed by atoms with Crippen molar-refractivity contribution in [2.45, 2.75) is 43.0 Å². The summed E-state index contributed by atoms with van der Waals surface area (Å²) in [6, 6.07) is 9.55. The highest BCUT2D eigenvalue weighted by molar-refractivity contribution is 7.97. The van der Waals surface area contributed by atoms with E-state index in [1.54, 1.807) is 12.1 Å². The lowest BCUT2D eigenvalue weighted by atomic mass is 10.0. The Morgan fingerprint density at radius 3 is 2.46 bits per heavy atom. The molecule has 0 saturated carbocycles. The van der Waals surface area contributed by atoms with Gasteiger partial charge >= 0.3 is 6.18 Å². The molecule has 1 aromatic heterocycles. The molecule has 1 amide bonds. The van der Waals surface area contributed by atoms with Gasteiger partial charge in [-0.2, -0.15) is 13.2 Å². The predicted octanol–water partition coefficient (Wildman–Crippen LogP) is 4.35. The highest BCUT2D eigenvalue weighted by atomic mass is 32.2. The fourth-order valence-corrected chi connectivity index (χ4v) is 4.46. The number of rotatable bonds is 7. The third-order valence-electron chi connectivity index (χ3n) is 5.42. The van der Waals surface area contributed by atoms with Gasteiger partial charge in [-0.25, -0.2) is 13.2 Å². The van der Waals surface area contributed by atoms with E-state index in [-0.39, 0.29) is 43.9 Å². The molecule has 2 heterocycles. The first-order chi connectivity index (χ1) is 16.6. The molecule has 6 nitrogen and oxygen atoms in total. The van der Waals surface area contributed by atoms with Crippen LogP contribution in [0.4, 0.5) is 26.3 Å². The van der Waals surface area contributed by atoms with Crippen LogP contribution in [0.25, 0.3) is 0 Å². The zero-order chi connectivity index (χ0) is 25.2. The number of benzene rings is 2. The molecular weight excluding hydrogens is 496 g/mol. The van der Waals surface area contributed by atoms with Crippen LogP contribution < -0.4 is 4.72 Å². The Morgan fingerprint density at radius 1 is 1.03 bits per heavy atom. The molecule has 0 unspecified atom stereocenters. The fourth-order valence-electron chi connectivity index (χ4n) is 3.70. The van der Waals surface area contributed by atoms with Gasteiger partial charge in [0.2, 0.25) is 11.7 Å². The molecule has 1 aliphatic heterocycles. The Hall–Kier alpha value is -3.06. The van der Waals surface area contributed by atoms with E-state index < -0.39 is 41.4 Å². The second kappa shape index (κ2) is 10.3. The summed E-state index contributed by atoms with van der Waals surface area (Å²) in [4.78, 5) is 15.1. The second-order valence-corrected chi connectivity index (χ2v) is 8.81. The van der Waals surface area contributed by atoms with Crippen molar-refractivity contribution in [3.05, 3.63) is 77.1 Å². The zero-order valence-electron chi connectivity index (χ0n) is 18.0. The lowest BCUT2D eigenvalue weighted by molar-refractivity contribution is -0.148. The SMILES string of the molecule is O=C(C[C@@H](Cc1cc(F)c(F)cc1F)NSc1ccccc1)N1CCn2c(nnc2C(F)(F)F)C1. The maximum absolute atomic E-state index is 14.3. The van der Waals surface area contributed by atoms with Gasteiger partial charge < -0.3 is 9.47 Å². The van der Waals surface area contributed by atoms with Crippen LogP contribution in [0.3, 0.4) is 0 Å². The topological polar surface area (TPSA) is 63.1 Å². The van der Waals surface area contributed by atoms with E-state index in [4.69, 9.17) is 0 Å². The van der Waals surface area contributed by atoms with Crippen molar-refractivity contribution < 1.29 is 31.1 Å². The van der Waals surface area contributed by atoms with Gasteiger partial charge in [-0.15, -0.1) is 10.2 Å². The summed E-state index contributed by atoms with van der Waals surface area (Å²) in [5, 5.41) is 6.76. The highest BCUT2D eigenvalue weighted by Crippen LogP contribution is 2.29. The minimum atomic E-state index is -4.66. The number of hydrogen-bond donors (Lipinski definition) is 1. The van der Waals surface area contributed by atoms with Crippen molar-refractivity contribution in [3.8, 4) is 0 Å². The van der Waals surface area contributed by atoms with Gasteiger partial charge in [0.1, 0.15) is 5.82 Å². The number of amides is 1. The molecule has 13 heteroatoms. The van der Waals surface area contributed by atoms with Gasteiger partial charge in [0.05, 0.1) is 6.54 Å². The summed E-state index contributed by atoms with van der Waals surface area (Å²) in [7, 11) is 0. The number of nitrogens with zero attached hydrogens (tertiary/aromatic N) is 4. The Morgan fingerprint density at radius 2 is 1.74 bits per heavy atom. The van der Waals surface area contributed by atoms with Crippen molar-refractivity contribution in [1.29, 1.82) is 0 Å². The average Bonchev–Trinajstić information content (AvgIpc) is 3.25. The molecule has 186 valence electrons. The number of hydrogen-bond acceptors (Lipinski definition) is 5. The van der Waals surface area contributed by atoms with E-state index in [1.807, 2.05) is 18.2 Å². The van der Waals surface area contributed by atoms with Crippen molar-refractivity contribution in [2.24, 2.45) is 0 Å². The first-order valence-corrected chi connectivity index (χ1v) is 11.3. The number of halogens is 6. The highest BCUT2D eigenvalue weighted by Gasteiger charge is 2.40. The third kappa shape index (κ3) is 5.96. The number of alkyl halides is 3.